The van der Waals surface area contributed by atoms with Gasteiger partial charge in [0, 0.05) is 17.2 Å². The van der Waals surface area contributed by atoms with Gasteiger partial charge in [-0.2, -0.15) is 0 Å². The Bertz CT molecular complexity index is 753. The molecule has 5 atom stereocenters. The number of ketones is 1. The number of benzene rings is 1. The maximum absolute atomic E-state index is 12.8. The summed E-state index contributed by atoms with van der Waals surface area (Å²) < 4.78 is 24.3. The number of esters is 1. The molecule has 24 heavy (non-hydrogen) atoms. The molecule has 126 valence electrons. The van der Waals surface area contributed by atoms with E-state index in [0.29, 0.717) is 0 Å². The van der Waals surface area contributed by atoms with Crippen molar-refractivity contribution < 1.29 is 23.3 Å². The van der Waals surface area contributed by atoms with Gasteiger partial charge in [0.1, 0.15) is 17.8 Å². The Hall–Kier alpha value is -1.79. The Morgan fingerprint density at radius 1 is 1.21 bits per heavy atom. The number of carbonyl (C=O) groups excluding carboxylic acids is 2. The third kappa shape index (κ3) is 2.54. The van der Waals surface area contributed by atoms with Gasteiger partial charge in [-0.15, -0.1) is 0 Å². The maximum Gasteiger partial charge on any atom is 0.308 e. The van der Waals surface area contributed by atoms with Crippen molar-refractivity contribution in [1.82, 2.24) is 0 Å². The molecule has 2 heterocycles. The van der Waals surface area contributed by atoms with Gasteiger partial charge in [0.05, 0.1) is 23.0 Å². The highest BCUT2D eigenvalue weighted by Crippen LogP contribution is 2.47. The standard InChI is InChI=1S/C18H18O5S/c1-11-2-4-13(5-3-11)24(21)10-18-7-6-12(19)8-14(18)17-15(23-18)9-16(20)22-17/h2-7,14-15,17H,8-10H2,1H3/t14-,15+,17+,18+,24?/m1/s1. The normalized spacial score (nSPS) is 35.5. The van der Waals surface area contributed by atoms with Crippen LogP contribution in [0.4, 0.5) is 0 Å². The topological polar surface area (TPSA) is 69.7 Å². The molecule has 5 nitrogen and oxygen atoms in total. The quantitative estimate of drug-likeness (QED) is 0.779. The fraction of sp³-hybridized carbons (Fsp3) is 0.444. The molecule has 2 fully saturated rings. The van der Waals surface area contributed by atoms with E-state index in [2.05, 4.69) is 0 Å². The summed E-state index contributed by atoms with van der Waals surface area (Å²) in [7, 11) is -1.26. The number of rotatable bonds is 3. The van der Waals surface area contributed by atoms with Crippen LogP contribution in [0.3, 0.4) is 0 Å². The summed E-state index contributed by atoms with van der Waals surface area (Å²) in [6.07, 6.45) is 2.92. The van der Waals surface area contributed by atoms with Gasteiger partial charge in [0.2, 0.25) is 0 Å². The Morgan fingerprint density at radius 2 is 1.96 bits per heavy atom. The van der Waals surface area contributed by atoms with E-state index in [4.69, 9.17) is 9.47 Å². The minimum Gasteiger partial charge on any atom is -0.459 e. The molecule has 1 aliphatic carbocycles. The zero-order valence-corrected chi connectivity index (χ0v) is 14.1. The average Bonchev–Trinajstić information content (AvgIpc) is 3.02. The van der Waals surface area contributed by atoms with E-state index in [1.54, 1.807) is 6.08 Å². The highest BCUT2D eigenvalue weighted by atomic mass is 32.2. The van der Waals surface area contributed by atoms with E-state index >= 15 is 0 Å². The Labute approximate surface area is 142 Å². The Balaban J connectivity index is 1.63. The zero-order valence-electron chi connectivity index (χ0n) is 13.3. The summed E-state index contributed by atoms with van der Waals surface area (Å²) in [5, 5.41) is 0. The van der Waals surface area contributed by atoms with Crippen molar-refractivity contribution in [3.05, 3.63) is 42.0 Å². The molecule has 4 rings (SSSR count). The van der Waals surface area contributed by atoms with Crippen LogP contribution in [0.1, 0.15) is 18.4 Å². The van der Waals surface area contributed by atoms with E-state index in [0.717, 1.165) is 10.5 Å². The van der Waals surface area contributed by atoms with Gasteiger partial charge in [-0.3, -0.25) is 13.8 Å². The summed E-state index contributed by atoms with van der Waals surface area (Å²) in [5.41, 5.74) is 0.299. The summed E-state index contributed by atoms with van der Waals surface area (Å²) in [6, 6.07) is 7.55. The number of hydrogen-bond acceptors (Lipinski definition) is 5. The second kappa shape index (κ2) is 5.63. The van der Waals surface area contributed by atoms with E-state index < -0.39 is 22.5 Å². The predicted octanol–water partition coefficient (Wildman–Crippen LogP) is 1.70. The fourth-order valence-electron chi connectivity index (χ4n) is 3.79. The van der Waals surface area contributed by atoms with Crippen LogP contribution in [-0.4, -0.2) is 39.5 Å². The first-order valence-electron chi connectivity index (χ1n) is 8.01. The van der Waals surface area contributed by atoms with Gasteiger partial charge in [0.15, 0.2) is 5.78 Å². The molecule has 0 aromatic heterocycles. The Kier molecular flexibility index (Phi) is 3.69. The van der Waals surface area contributed by atoms with Gasteiger partial charge in [-0.05, 0) is 31.2 Å². The van der Waals surface area contributed by atoms with Crippen LogP contribution in [0.15, 0.2) is 41.3 Å². The fourth-order valence-corrected chi connectivity index (χ4v) is 5.19. The lowest BCUT2D eigenvalue weighted by Crippen LogP contribution is -2.45. The largest absolute Gasteiger partial charge is 0.459 e. The van der Waals surface area contributed by atoms with Crippen LogP contribution in [0.25, 0.3) is 0 Å². The lowest BCUT2D eigenvalue weighted by Gasteiger charge is -2.34. The zero-order chi connectivity index (χ0) is 16.9. The van der Waals surface area contributed by atoms with Crippen molar-refractivity contribution >= 4 is 22.6 Å². The van der Waals surface area contributed by atoms with Crippen molar-refractivity contribution in [1.29, 1.82) is 0 Å². The van der Waals surface area contributed by atoms with E-state index in [9.17, 15) is 13.8 Å². The van der Waals surface area contributed by atoms with Crippen molar-refractivity contribution in [3.63, 3.8) is 0 Å². The van der Waals surface area contributed by atoms with Crippen LogP contribution in [0, 0.1) is 12.8 Å². The maximum atomic E-state index is 12.8. The highest BCUT2D eigenvalue weighted by molar-refractivity contribution is 7.85. The van der Waals surface area contributed by atoms with Crippen LogP contribution in [0.5, 0.6) is 0 Å². The van der Waals surface area contributed by atoms with Gasteiger partial charge >= 0.3 is 5.97 Å². The SMILES string of the molecule is Cc1ccc(S(=O)C[C@@]23C=CC(=O)C[C@@H]2[C@@H]2OC(=O)C[C@@H]2O3)cc1. The van der Waals surface area contributed by atoms with Crippen molar-refractivity contribution in [3.8, 4) is 0 Å². The molecular weight excluding hydrogens is 328 g/mol. The van der Waals surface area contributed by atoms with Crippen molar-refractivity contribution in [2.24, 2.45) is 5.92 Å². The van der Waals surface area contributed by atoms with Crippen LogP contribution in [-0.2, 0) is 29.9 Å². The molecule has 0 N–H and O–H groups in total. The molecule has 0 spiro atoms. The number of ether oxygens (including phenoxy) is 2. The lowest BCUT2D eigenvalue weighted by molar-refractivity contribution is -0.144. The van der Waals surface area contributed by atoms with Crippen molar-refractivity contribution in [2.45, 2.75) is 42.5 Å². The molecule has 0 radical (unpaired) electrons. The van der Waals surface area contributed by atoms with E-state index in [1.165, 1.54) is 6.08 Å². The van der Waals surface area contributed by atoms with Crippen LogP contribution in [0.2, 0.25) is 0 Å². The smallest absolute Gasteiger partial charge is 0.308 e. The molecule has 0 saturated carbocycles. The number of fused-ring (bicyclic) bond motifs is 3. The predicted molar refractivity (Wildman–Crippen MR) is 86.8 cm³/mol. The second-order valence-corrected chi connectivity index (χ2v) is 8.13. The number of aryl methyl sites for hydroxylation is 1. The minimum absolute atomic E-state index is 0.0102. The first-order valence-corrected chi connectivity index (χ1v) is 9.33. The molecule has 1 unspecified atom stereocenters. The monoisotopic (exact) mass is 346 g/mol. The van der Waals surface area contributed by atoms with E-state index in [-0.39, 0.29) is 42.4 Å². The van der Waals surface area contributed by atoms with Crippen LogP contribution >= 0.6 is 0 Å². The average molecular weight is 346 g/mol. The summed E-state index contributed by atoms with van der Waals surface area (Å²) in [6.45, 7) is 1.98. The molecule has 1 aromatic carbocycles. The van der Waals surface area contributed by atoms with Crippen molar-refractivity contribution in [2.75, 3.05) is 5.75 Å². The highest BCUT2D eigenvalue weighted by Gasteiger charge is 2.60. The third-order valence-corrected chi connectivity index (χ3v) is 6.52. The summed E-state index contributed by atoms with van der Waals surface area (Å²) >= 11 is 0. The minimum atomic E-state index is -1.26. The molecule has 6 heteroatoms. The Morgan fingerprint density at radius 3 is 2.71 bits per heavy atom. The van der Waals surface area contributed by atoms with Gasteiger partial charge in [-0.1, -0.05) is 17.7 Å². The lowest BCUT2D eigenvalue weighted by atomic mass is 9.78. The number of allylic oxidation sites excluding steroid dienone is 1. The first-order chi connectivity index (χ1) is 11.5. The molecule has 2 saturated heterocycles. The van der Waals surface area contributed by atoms with Gasteiger partial charge in [-0.25, -0.2) is 0 Å². The molecule has 1 aromatic rings. The molecule has 3 aliphatic rings. The molecule has 0 amide bonds. The van der Waals surface area contributed by atoms with Gasteiger partial charge in [0.25, 0.3) is 0 Å². The van der Waals surface area contributed by atoms with E-state index in [1.807, 2.05) is 31.2 Å². The molecule has 2 aliphatic heterocycles. The number of hydrogen-bond donors (Lipinski definition) is 0. The summed E-state index contributed by atoms with van der Waals surface area (Å²) in [5.74, 6) is -0.306. The summed E-state index contributed by atoms with van der Waals surface area (Å²) in [4.78, 5) is 24.1. The van der Waals surface area contributed by atoms with Crippen LogP contribution < -0.4 is 0 Å². The first kappa shape index (κ1) is 15.7. The van der Waals surface area contributed by atoms with Gasteiger partial charge < -0.3 is 9.47 Å². The third-order valence-electron chi connectivity index (χ3n) is 5.01. The molecular formula is C18H18O5S. The number of carbonyl (C=O) groups is 2. The second-order valence-electron chi connectivity index (χ2n) is 6.68. The molecule has 0 bridgehead atoms.